The van der Waals surface area contributed by atoms with Crippen LogP contribution in [0.5, 0.6) is 0 Å². The van der Waals surface area contributed by atoms with E-state index in [-0.39, 0.29) is 5.82 Å². The van der Waals surface area contributed by atoms with E-state index in [9.17, 15) is 4.39 Å². The summed E-state index contributed by atoms with van der Waals surface area (Å²) in [5.41, 5.74) is 0.896. The standard InChI is InChI=1S/C13H17ClFNS2/c1-16-12(13-8-17-4-5-18-13)7-9-6-10(15)2-3-11(9)14/h2-3,6,12-13,16H,4-5,7-8H2,1H3. The van der Waals surface area contributed by atoms with Gasteiger partial charge in [-0.3, -0.25) is 0 Å². The number of nitrogens with one attached hydrogen (secondary N) is 1. The number of hydrogen-bond donors (Lipinski definition) is 1. The molecule has 2 atom stereocenters. The minimum Gasteiger partial charge on any atom is -0.316 e. The lowest BCUT2D eigenvalue weighted by molar-refractivity contribution is 0.553. The SMILES string of the molecule is CNC(Cc1cc(F)ccc1Cl)C1CSCCS1. The fraction of sp³-hybridized carbons (Fsp3) is 0.538. The van der Waals surface area contributed by atoms with Gasteiger partial charge in [-0.2, -0.15) is 23.5 Å². The predicted molar refractivity (Wildman–Crippen MR) is 81.5 cm³/mol. The molecule has 1 heterocycles. The third kappa shape index (κ3) is 3.80. The Kier molecular flexibility index (Phi) is 5.67. The molecule has 0 aromatic heterocycles. The summed E-state index contributed by atoms with van der Waals surface area (Å²) in [6, 6.07) is 4.95. The van der Waals surface area contributed by atoms with E-state index in [1.165, 1.54) is 17.6 Å². The van der Waals surface area contributed by atoms with Gasteiger partial charge >= 0.3 is 0 Å². The Balaban J connectivity index is 2.06. The second-order valence-corrected chi connectivity index (χ2v) is 7.22. The molecule has 1 nitrogen and oxygen atoms in total. The van der Waals surface area contributed by atoms with Crippen LogP contribution in [0.25, 0.3) is 0 Å². The minimum absolute atomic E-state index is 0.213. The molecule has 5 heteroatoms. The summed E-state index contributed by atoms with van der Waals surface area (Å²) < 4.78 is 13.3. The van der Waals surface area contributed by atoms with E-state index in [1.54, 1.807) is 12.1 Å². The van der Waals surface area contributed by atoms with E-state index in [0.29, 0.717) is 16.3 Å². The molecule has 1 aliphatic heterocycles. The summed E-state index contributed by atoms with van der Waals surface area (Å²) in [5.74, 6) is 3.38. The van der Waals surface area contributed by atoms with Gasteiger partial charge in [0.25, 0.3) is 0 Å². The van der Waals surface area contributed by atoms with Crippen molar-refractivity contribution >= 4 is 35.1 Å². The minimum atomic E-state index is -0.213. The fourth-order valence-corrected chi connectivity index (χ4v) is 5.22. The van der Waals surface area contributed by atoms with Gasteiger partial charge in [0.05, 0.1) is 0 Å². The highest BCUT2D eigenvalue weighted by Crippen LogP contribution is 2.29. The molecule has 1 aromatic rings. The molecular weight excluding hydrogens is 289 g/mol. The van der Waals surface area contributed by atoms with Crippen molar-refractivity contribution in [3.05, 3.63) is 34.6 Å². The van der Waals surface area contributed by atoms with Crippen LogP contribution in [0.1, 0.15) is 5.56 Å². The molecule has 100 valence electrons. The van der Waals surface area contributed by atoms with Gasteiger partial charge in [-0.1, -0.05) is 11.6 Å². The van der Waals surface area contributed by atoms with Crippen LogP contribution < -0.4 is 5.32 Å². The maximum Gasteiger partial charge on any atom is 0.123 e. The molecule has 0 spiro atoms. The summed E-state index contributed by atoms with van der Waals surface area (Å²) in [6.45, 7) is 0. The van der Waals surface area contributed by atoms with Crippen molar-refractivity contribution in [1.82, 2.24) is 5.32 Å². The topological polar surface area (TPSA) is 12.0 Å². The highest BCUT2D eigenvalue weighted by atomic mass is 35.5. The van der Waals surface area contributed by atoms with Crippen molar-refractivity contribution in [2.24, 2.45) is 0 Å². The lowest BCUT2D eigenvalue weighted by Crippen LogP contribution is -2.40. The fourth-order valence-electron chi connectivity index (χ4n) is 2.09. The molecule has 1 N–H and O–H groups in total. The molecule has 1 fully saturated rings. The molecule has 2 rings (SSSR count). The summed E-state index contributed by atoms with van der Waals surface area (Å²) in [5, 5.41) is 4.59. The molecule has 0 aliphatic carbocycles. The zero-order chi connectivity index (χ0) is 13.0. The molecule has 1 saturated heterocycles. The Morgan fingerprint density at radius 3 is 3.00 bits per heavy atom. The maximum absolute atomic E-state index is 13.3. The van der Waals surface area contributed by atoms with Crippen molar-refractivity contribution < 1.29 is 4.39 Å². The smallest absolute Gasteiger partial charge is 0.123 e. The predicted octanol–water partition coefficient (Wildman–Crippen LogP) is 3.46. The lowest BCUT2D eigenvalue weighted by Gasteiger charge is -2.29. The number of thioether (sulfide) groups is 2. The van der Waals surface area contributed by atoms with Crippen molar-refractivity contribution in [3.63, 3.8) is 0 Å². The van der Waals surface area contributed by atoms with Crippen molar-refractivity contribution in [1.29, 1.82) is 0 Å². The van der Waals surface area contributed by atoms with Crippen LogP contribution in [0.2, 0.25) is 5.02 Å². The number of halogens is 2. The molecule has 2 unspecified atom stereocenters. The molecule has 0 bridgehead atoms. The first kappa shape index (κ1) is 14.5. The summed E-state index contributed by atoms with van der Waals surface area (Å²) >= 11 is 10.1. The number of hydrogen-bond acceptors (Lipinski definition) is 3. The monoisotopic (exact) mass is 305 g/mol. The quantitative estimate of drug-likeness (QED) is 0.915. The Hall–Kier alpha value is 0.1000. The second-order valence-electron chi connectivity index (χ2n) is 4.32. The van der Waals surface area contributed by atoms with E-state index < -0.39 is 0 Å². The molecule has 0 saturated carbocycles. The lowest BCUT2D eigenvalue weighted by atomic mass is 10.0. The van der Waals surface area contributed by atoms with E-state index in [2.05, 4.69) is 5.32 Å². The van der Waals surface area contributed by atoms with Gasteiger partial charge in [0.15, 0.2) is 0 Å². The van der Waals surface area contributed by atoms with Crippen LogP contribution in [0.15, 0.2) is 18.2 Å². The molecule has 1 aromatic carbocycles. The third-order valence-corrected chi connectivity index (χ3v) is 6.40. The van der Waals surface area contributed by atoms with E-state index in [4.69, 9.17) is 11.6 Å². The van der Waals surface area contributed by atoms with Gasteiger partial charge in [0, 0.05) is 33.6 Å². The van der Waals surface area contributed by atoms with E-state index in [1.807, 2.05) is 30.6 Å². The average Bonchev–Trinajstić information content (AvgIpc) is 2.41. The number of rotatable bonds is 4. The summed E-state index contributed by atoms with van der Waals surface area (Å²) in [4.78, 5) is 0. The van der Waals surface area contributed by atoms with Crippen LogP contribution in [0.3, 0.4) is 0 Å². The second kappa shape index (κ2) is 7.04. The van der Waals surface area contributed by atoms with Crippen LogP contribution >= 0.6 is 35.1 Å². The zero-order valence-corrected chi connectivity index (χ0v) is 12.7. The van der Waals surface area contributed by atoms with Crippen molar-refractivity contribution in [2.45, 2.75) is 17.7 Å². The zero-order valence-electron chi connectivity index (χ0n) is 10.3. The normalized spacial score (nSPS) is 21.8. The highest BCUT2D eigenvalue weighted by molar-refractivity contribution is 8.06. The van der Waals surface area contributed by atoms with Crippen LogP contribution in [-0.2, 0) is 6.42 Å². The van der Waals surface area contributed by atoms with Gasteiger partial charge in [0.1, 0.15) is 5.82 Å². The van der Waals surface area contributed by atoms with Crippen molar-refractivity contribution in [3.8, 4) is 0 Å². The average molecular weight is 306 g/mol. The number of likely N-dealkylation sites (N-methyl/N-ethyl adjacent to an activating group) is 1. The summed E-state index contributed by atoms with van der Waals surface area (Å²) in [6.07, 6.45) is 0.783. The van der Waals surface area contributed by atoms with Crippen LogP contribution in [0.4, 0.5) is 4.39 Å². The first-order valence-electron chi connectivity index (χ1n) is 6.01. The Labute approximate surface area is 121 Å². The molecule has 1 aliphatic rings. The van der Waals surface area contributed by atoms with E-state index >= 15 is 0 Å². The van der Waals surface area contributed by atoms with Gasteiger partial charge in [-0.05, 0) is 37.2 Å². The van der Waals surface area contributed by atoms with Gasteiger partial charge < -0.3 is 5.32 Å². The Morgan fingerprint density at radius 2 is 2.33 bits per heavy atom. The maximum atomic E-state index is 13.3. The largest absolute Gasteiger partial charge is 0.316 e. The Morgan fingerprint density at radius 1 is 1.50 bits per heavy atom. The van der Waals surface area contributed by atoms with Gasteiger partial charge in [0.2, 0.25) is 0 Å². The molecule has 0 amide bonds. The molecule has 18 heavy (non-hydrogen) atoms. The first-order valence-corrected chi connectivity index (χ1v) is 8.59. The van der Waals surface area contributed by atoms with Crippen LogP contribution in [-0.4, -0.2) is 35.6 Å². The first-order chi connectivity index (χ1) is 8.70. The third-order valence-electron chi connectivity index (χ3n) is 3.11. The van der Waals surface area contributed by atoms with Gasteiger partial charge in [-0.15, -0.1) is 0 Å². The van der Waals surface area contributed by atoms with Crippen LogP contribution in [0, 0.1) is 5.82 Å². The van der Waals surface area contributed by atoms with Crippen molar-refractivity contribution in [2.75, 3.05) is 24.3 Å². The number of benzene rings is 1. The summed E-state index contributed by atoms with van der Waals surface area (Å²) in [7, 11) is 1.97. The highest BCUT2D eigenvalue weighted by Gasteiger charge is 2.24. The molecular formula is C13H17ClFNS2. The van der Waals surface area contributed by atoms with E-state index in [0.717, 1.165) is 17.7 Å². The molecule has 0 radical (unpaired) electrons. The van der Waals surface area contributed by atoms with Gasteiger partial charge in [-0.25, -0.2) is 4.39 Å². The Bertz CT molecular complexity index is 397.